The largest absolute Gasteiger partial charge is 0.442 e. The summed E-state index contributed by atoms with van der Waals surface area (Å²) < 4.78 is 58.7. The summed E-state index contributed by atoms with van der Waals surface area (Å²) in [7, 11) is -3.85. The first-order valence-corrected chi connectivity index (χ1v) is 11.7. The molecule has 0 radical (unpaired) electrons. The molecule has 1 aromatic carbocycles. The van der Waals surface area contributed by atoms with Crippen LogP contribution in [-0.4, -0.2) is 69.2 Å². The van der Waals surface area contributed by atoms with Crippen LogP contribution in [-0.2, 0) is 14.9 Å². The number of halogens is 2. The van der Waals surface area contributed by atoms with Crippen molar-refractivity contribution in [1.29, 1.82) is 0 Å². The highest BCUT2D eigenvalue weighted by atomic mass is 32.2. The van der Waals surface area contributed by atoms with Gasteiger partial charge in [0.25, 0.3) is 10.2 Å². The van der Waals surface area contributed by atoms with Crippen LogP contribution in [0.2, 0.25) is 0 Å². The normalized spacial score (nSPS) is 20.3. The predicted octanol–water partition coefficient (Wildman–Crippen LogP) is 1.19. The molecule has 3 rings (SSSR count). The second-order valence-electron chi connectivity index (χ2n) is 7.71. The fourth-order valence-electron chi connectivity index (χ4n) is 3.43. The van der Waals surface area contributed by atoms with E-state index in [0.717, 1.165) is 16.4 Å². The first kappa shape index (κ1) is 23.6. The number of nitrogens with one attached hydrogen (secondary N) is 1. The lowest BCUT2D eigenvalue weighted by Crippen LogP contribution is -2.51. The summed E-state index contributed by atoms with van der Waals surface area (Å²) in [4.78, 5) is 15.4. The number of rotatable bonds is 6. The predicted molar refractivity (Wildman–Crippen MR) is 116 cm³/mol. The fraction of sp³-hybridized carbons (Fsp3) is 0.556. The van der Waals surface area contributed by atoms with Gasteiger partial charge in [-0.05, 0) is 0 Å². The standard InChI is InChI=1S/C18H25F2N5O4S2/c1-11(2)17(30)22-9-13-10-25(18(26)29-13)12-7-14(19)16(15(20)8-12)23-3-5-24(6-4-23)31(21,27)28/h7-8,11,13H,3-6,9-10H2,1-2H3,(H,22,30)(H2,21,27,28). The van der Waals surface area contributed by atoms with Gasteiger partial charge in [0, 0.05) is 44.2 Å². The summed E-state index contributed by atoms with van der Waals surface area (Å²) in [5.41, 5.74) is -0.230. The molecule has 13 heteroatoms. The zero-order chi connectivity index (χ0) is 22.9. The van der Waals surface area contributed by atoms with Gasteiger partial charge in [0.15, 0.2) is 11.6 Å². The van der Waals surface area contributed by atoms with E-state index in [1.165, 1.54) is 9.80 Å². The Labute approximate surface area is 185 Å². The number of hydrogen-bond donors (Lipinski definition) is 2. The lowest BCUT2D eigenvalue weighted by atomic mass is 10.2. The average molecular weight is 478 g/mol. The molecule has 0 bridgehead atoms. The number of anilines is 2. The Bertz CT molecular complexity index is 945. The van der Waals surface area contributed by atoms with Gasteiger partial charge in [0.05, 0.1) is 23.8 Å². The first-order chi connectivity index (χ1) is 14.5. The molecule has 2 saturated heterocycles. The monoisotopic (exact) mass is 477 g/mol. The molecule has 3 N–H and O–H groups in total. The SMILES string of the molecule is CC(C)C(=S)NCC1CN(c2cc(F)c(N3CCN(S(N)(=O)=O)CC3)c(F)c2)C(=O)O1. The van der Waals surface area contributed by atoms with E-state index in [1.54, 1.807) is 0 Å². The van der Waals surface area contributed by atoms with E-state index >= 15 is 0 Å². The summed E-state index contributed by atoms with van der Waals surface area (Å²) in [6.45, 7) is 4.50. The Hall–Kier alpha value is -2.09. The smallest absolute Gasteiger partial charge is 0.414 e. The Morgan fingerprint density at radius 3 is 2.35 bits per heavy atom. The van der Waals surface area contributed by atoms with Gasteiger partial charge >= 0.3 is 6.09 Å². The minimum Gasteiger partial charge on any atom is -0.442 e. The number of piperazine rings is 1. The number of benzene rings is 1. The van der Waals surface area contributed by atoms with Crippen molar-refractivity contribution in [3.8, 4) is 0 Å². The molecule has 1 atom stereocenters. The first-order valence-electron chi connectivity index (χ1n) is 9.75. The van der Waals surface area contributed by atoms with Crippen LogP contribution >= 0.6 is 12.2 Å². The molecule has 2 heterocycles. The van der Waals surface area contributed by atoms with Crippen molar-refractivity contribution in [3.05, 3.63) is 23.8 Å². The topological polar surface area (TPSA) is 108 Å². The van der Waals surface area contributed by atoms with Crippen LogP contribution in [0, 0.1) is 17.6 Å². The molecule has 9 nitrogen and oxygen atoms in total. The Morgan fingerprint density at radius 2 is 1.84 bits per heavy atom. The fourth-order valence-corrected chi connectivity index (χ4v) is 4.19. The van der Waals surface area contributed by atoms with Crippen molar-refractivity contribution < 1.29 is 26.7 Å². The van der Waals surface area contributed by atoms with Crippen molar-refractivity contribution in [1.82, 2.24) is 9.62 Å². The quantitative estimate of drug-likeness (QED) is 0.593. The van der Waals surface area contributed by atoms with Gasteiger partial charge in [-0.1, -0.05) is 26.1 Å². The van der Waals surface area contributed by atoms with Crippen molar-refractivity contribution >= 4 is 44.9 Å². The molecule has 0 spiro atoms. The molecule has 172 valence electrons. The molecule has 0 aliphatic carbocycles. The molecule has 2 fully saturated rings. The zero-order valence-corrected chi connectivity index (χ0v) is 18.8. The molecule has 2 aliphatic heterocycles. The number of ether oxygens (including phenoxy) is 1. The number of thiocarbonyl (C=S) groups is 1. The van der Waals surface area contributed by atoms with E-state index in [9.17, 15) is 22.0 Å². The number of carbonyl (C=O) groups is 1. The van der Waals surface area contributed by atoms with E-state index < -0.39 is 34.0 Å². The number of carbonyl (C=O) groups excluding carboxylic acids is 1. The van der Waals surface area contributed by atoms with Crippen LogP contribution < -0.4 is 20.3 Å². The van der Waals surface area contributed by atoms with Crippen LogP contribution in [0.25, 0.3) is 0 Å². The summed E-state index contributed by atoms with van der Waals surface area (Å²) in [5.74, 6) is -1.56. The lowest BCUT2D eigenvalue weighted by Gasteiger charge is -2.34. The Balaban J connectivity index is 1.69. The summed E-state index contributed by atoms with van der Waals surface area (Å²) >= 11 is 5.19. The molecule has 0 aromatic heterocycles. The number of nitrogens with two attached hydrogens (primary N) is 1. The van der Waals surface area contributed by atoms with Gasteiger partial charge in [-0.2, -0.15) is 12.7 Å². The van der Waals surface area contributed by atoms with Crippen LogP contribution in [0.5, 0.6) is 0 Å². The van der Waals surface area contributed by atoms with Gasteiger partial charge < -0.3 is 15.0 Å². The minimum atomic E-state index is -3.85. The number of amides is 1. The zero-order valence-electron chi connectivity index (χ0n) is 17.2. The van der Waals surface area contributed by atoms with Crippen LogP contribution in [0.4, 0.5) is 25.0 Å². The van der Waals surface area contributed by atoms with E-state index in [1.807, 2.05) is 13.8 Å². The Morgan fingerprint density at radius 1 is 1.26 bits per heavy atom. The highest BCUT2D eigenvalue weighted by Gasteiger charge is 2.34. The minimum absolute atomic E-state index is 0.0187. The van der Waals surface area contributed by atoms with Crippen molar-refractivity contribution in [2.24, 2.45) is 11.1 Å². The summed E-state index contributed by atoms with van der Waals surface area (Å²) in [6, 6.07) is 2.14. The summed E-state index contributed by atoms with van der Waals surface area (Å²) in [6.07, 6.45) is -1.21. The van der Waals surface area contributed by atoms with Gasteiger partial charge in [-0.3, -0.25) is 4.90 Å². The maximum atomic E-state index is 14.8. The van der Waals surface area contributed by atoms with Crippen LogP contribution in [0.15, 0.2) is 12.1 Å². The molecule has 1 unspecified atom stereocenters. The van der Waals surface area contributed by atoms with Crippen molar-refractivity contribution in [3.63, 3.8) is 0 Å². The van der Waals surface area contributed by atoms with E-state index in [0.29, 0.717) is 11.5 Å². The second kappa shape index (κ2) is 9.18. The lowest BCUT2D eigenvalue weighted by molar-refractivity contribution is 0.143. The molecule has 2 aliphatic rings. The maximum Gasteiger partial charge on any atom is 0.414 e. The molecule has 31 heavy (non-hydrogen) atoms. The third-order valence-corrected chi connectivity index (χ3v) is 6.83. The molecule has 1 aromatic rings. The van der Waals surface area contributed by atoms with Crippen molar-refractivity contribution in [2.45, 2.75) is 20.0 Å². The van der Waals surface area contributed by atoms with Crippen LogP contribution in [0.1, 0.15) is 13.8 Å². The van der Waals surface area contributed by atoms with Gasteiger partial charge in [0.2, 0.25) is 0 Å². The average Bonchev–Trinajstić information content (AvgIpc) is 3.05. The highest BCUT2D eigenvalue weighted by Crippen LogP contribution is 2.31. The van der Waals surface area contributed by atoms with Gasteiger partial charge in [-0.25, -0.2) is 18.7 Å². The number of nitrogens with zero attached hydrogens (tertiary/aromatic N) is 3. The van der Waals surface area contributed by atoms with E-state index in [4.69, 9.17) is 22.1 Å². The molecule has 1 amide bonds. The van der Waals surface area contributed by atoms with Gasteiger partial charge in [0.1, 0.15) is 11.8 Å². The van der Waals surface area contributed by atoms with Gasteiger partial charge in [-0.15, -0.1) is 0 Å². The maximum absolute atomic E-state index is 14.8. The Kier molecular flexibility index (Phi) is 6.98. The van der Waals surface area contributed by atoms with Crippen molar-refractivity contribution in [2.75, 3.05) is 49.1 Å². The highest BCUT2D eigenvalue weighted by molar-refractivity contribution is 7.86. The molecular formula is C18H25F2N5O4S2. The van der Waals surface area contributed by atoms with E-state index in [2.05, 4.69) is 5.32 Å². The van der Waals surface area contributed by atoms with Crippen LogP contribution in [0.3, 0.4) is 0 Å². The third kappa shape index (κ3) is 5.40. The summed E-state index contributed by atoms with van der Waals surface area (Å²) in [5, 5.41) is 8.11. The number of cyclic esters (lactones) is 1. The molecular weight excluding hydrogens is 452 g/mol. The van der Waals surface area contributed by atoms with E-state index in [-0.39, 0.29) is 50.0 Å². The number of hydrogen-bond acceptors (Lipinski definition) is 6. The molecule has 0 saturated carbocycles. The second-order valence-corrected chi connectivity index (χ2v) is 9.69. The third-order valence-electron chi connectivity index (χ3n) is 5.13.